The summed E-state index contributed by atoms with van der Waals surface area (Å²) >= 11 is 9.58. The molecule has 90 valence electrons. The standard InChI is InChI=1S/C13H19BrClN/c1-4-13(3,5-2)16-9-10-6-7-11(14)8-12(10)15/h6-8,16H,4-5,9H2,1-3H3. The normalized spacial score (nSPS) is 11.8. The third-order valence-electron chi connectivity index (χ3n) is 3.28. The highest BCUT2D eigenvalue weighted by Gasteiger charge is 2.18. The Kier molecular flexibility index (Phi) is 5.29. The average Bonchev–Trinajstić information content (AvgIpc) is 2.27. The Hall–Kier alpha value is -0.0500. The number of benzene rings is 1. The maximum atomic E-state index is 6.17. The molecule has 0 unspecified atom stereocenters. The van der Waals surface area contributed by atoms with Gasteiger partial charge in [0, 0.05) is 21.6 Å². The maximum absolute atomic E-state index is 6.17. The van der Waals surface area contributed by atoms with E-state index >= 15 is 0 Å². The molecule has 0 fully saturated rings. The van der Waals surface area contributed by atoms with Crippen LogP contribution in [0.5, 0.6) is 0 Å². The quantitative estimate of drug-likeness (QED) is 0.826. The van der Waals surface area contributed by atoms with E-state index in [0.29, 0.717) is 0 Å². The first-order chi connectivity index (χ1) is 7.50. The van der Waals surface area contributed by atoms with Gasteiger partial charge < -0.3 is 5.32 Å². The molecule has 0 saturated heterocycles. The van der Waals surface area contributed by atoms with Crippen LogP contribution in [0.15, 0.2) is 22.7 Å². The van der Waals surface area contributed by atoms with Crippen molar-refractivity contribution >= 4 is 27.5 Å². The van der Waals surface area contributed by atoms with E-state index in [1.54, 1.807) is 0 Å². The summed E-state index contributed by atoms with van der Waals surface area (Å²) in [7, 11) is 0. The molecule has 0 saturated carbocycles. The molecule has 3 heteroatoms. The summed E-state index contributed by atoms with van der Waals surface area (Å²) in [6.45, 7) is 7.49. The van der Waals surface area contributed by atoms with Gasteiger partial charge in [-0.15, -0.1) is 0 Å². The molecule has 1 N–H and O–H groups in total. The molecule has 0 spiro atoms. The molecule has 0 heterocycles. The van der Waals surface area contributed by atoms with Crippen LogP contribution in [0.1, 0.15) is 39.2 Å². The molecule has 0 aliphatic carbocycles. The van der Waals surface area contributed by atoms with Crippen molar-refractivity contribution in [3.8, 4) is 0 Å². The SMILES string of the molecule is CCC(C)(CC)NCc1ccc(Br)cc1Cl. The van der Waals surface area contributed by atoms with E-state index in [1.165, 1.54) is 0 Å². The lowest BCUT2D eigenvalue weighted by Crippen LogP contribution is -2.40. The summed E-state index contributed by atoms with van der Waals surface area (Å²) in [4.78, 5) is 0. The van der Waals surface area contributed by atoms with Gasteiger partial charge in [-0.25, -0.2) is 0 Å². The van der Waals surface area contributed by atoms with Crippen molar-refractivity contribution in [1.82, 2.24) is 5.32 Å². The van der Waals surface area contributed by atoms with Gasteiger partial charge in [0.15, 0.2) is 0 Å². The van der Waals surface area contributed by atoms with Crippen molar-refractivity contribution in [2.75, 3.05) is 0 Å². The number of rotatable bonds is 5. The zero-order chi connectivity index (χ0) is 12.2. The smallest absolute Gasteiger partial charge is 0.0462 e. The Morgan fingerprint density at radius 3 is 2.44 bits per heavy atom. The van der Waals surface area contributed by atoms with Crippen LogP contribution in [0, 0.1) is 0 Å². The van der Waals surface area contributed by atoms with Crippen LogP contribution in [-0.4, -0.2) is 5.54 Å². The minimum atomic E-state index is 0.205. The van der Waals surface area contributed by atoms with E-state index in [9.17, 15) is 0 Å². The molecule has 0 aromatic heterocycles. The Morgan fingerprint density at radius 2 is 1.94 bits per heavy atom. The Balaban J connectivity index is 2.67. The lowest BCUT2D eigenvalue weighted by atomic mass is 9.95. The summed E-state index contributed by atoms with van der Waals surface area (Å²) in [5.41, 5.74) is 1.36. The zero-order valence-electron chi connectivity index (χ0n) is 10.1. The molecule has 0 amide bonds. The van der Waals surface area contributed by atoms with Crippen LogP contribution in [0.4, 0.5) is 0 Å². The van der Waals surface area contributed by atoms with Crippen molar-refractivity contribution in [2.45, 2.75) is 45.7 Å². The van der Waals surface area contributed by atoms with Gasteiger partial charge in [0.05, 0.1) is 0 Å². The van der Waals surface area contributed by atoms with Gasteiger partial charge >= 0.3 is 0 Å². The van der Waals surface area contributed by atoms with Crippen LogP contribution in [0.25, 0.3) is 0 Å². The van der Waals surface area contributed by atoms with Gasteiger partial charge in [-0.3, -0.25) is 0 Å². The fraction of sp³-hybridized carbons (Fsp3) is 0.538. The van der Waals surface area contributed by atoms with E-state index in [0.717, 1.165) is 34.4 Å². The minimum absolute atomic E-state index is 0.205. The molecular formula is C13H19BrClN. The highest BCUT2D eigenvalue weighted by Crippen LogP contribution is 2.22. The number of nitrogens with one attached hydrogen (secondary N) is 1. The lowest BCUT2D eigenvalue weighted by Gasteiger charge is -2.28. The minimum Gasteiger partial charge on any atom is -0.307 e. The van der Waals surface area contributed by atoms with E-state index in [2.05, 4.69) is 48.1 Å². The second-order valence-corrected chi connectivity index (χ2v) is 5.68. The van der Waals surface area contributed by atoms with Crippen LogP contribution < -0.4 is 5.32 Å². The van der Waals surface area contributed by atoms with Gasteiger partial charge in [-0.2, -0.15) is 0 Å². The summed E-state index contributed by atoms with van der Waals surface area (Å²) in [6, 6.07) is 6.02. The summed E-state index contributed by atoms with van der Waals surface area (Å²) in [5.74, 6) is 0. The largest absolute Gasteiger partial charge is 0.307 e. The molecule has 0 bridgehead atoms. The fourth-order valence-electron chi connectivity index (χ4n) is 1.47. The van der Waals surface area contributed by atoms with E-state index in [4.69, 9.17) is 11.6 Å². The first kappa shape index (κ1) is 14.0. The molecular weight excluding hydrogens is 286 g/mol. The molecule has 1 nitrogen and oxygen atoms in total. The second-order valence-electron chi connectivity index (χ2n) is 4.36. The fourth-order valence-corrected chi connectivity index (χ4v) is 2.21. The number of hydrogen-bond donors (Lipinski definition) is 1. The molecule has 1 aromatic carbocycles. The zero-order valence-corrected chi connectivity index (χ0v) is 12.5. The molecule has 16 heavy (non-hydrogen) atoms. The van der Waals surface area contributed by atoms with Gasteiger partial charge in [0.1, 0.15) is 0 Å². The Bertz CT molecular complexity index is 348. The number of hydrogen-bond acceptors (Lipinski definition) is 1. The Labute approximate surface area is 112 Å². The highest BCUT2D eigenvalue weighted by molar-refractivity contribution is 9.10. The average molecular weight is 305 g/mol. The molecule has 0 atom stereocenters. The predicted octanol–water partition coefficient (Wildman–Crippen LogP) is 4.77. The van der Waals surface area contributed by atoms with Gasteiger partial charge in [0.25, 0.3) is 0 Å². The third kappa shape index (κ3) is 3.76. The van der Waals surface area contributed by atoms with E-state index in [-0.39, 0.29) is 5.54 Å². The van der Waals surface area contributed by atoms with E-state index < -0.39 is 0 Å². The molecule has 1 rings (SSSR count). The molecule has 0 aliphatic rings. The van der Waals surface area contributed by atoms with Crippen LogP contribution in [-0.2, 0) is 6.54 Å². The third-order valence-corrected chi connectivity index (χ3v) is 4.13. The van der Waals surface area contributed by atoms with Crippen molar-refractivity contribution in [1.29, 1.82) is 0 Å². The monoisotopic (exact) mass is 303 g/mol. The topological polar surface area (TPSA) is 12.0 Å². The first-order valence-corrected chi connectivity index (χ1v) is 6.87. The van der Waals surface area contributed by atoms with Crippen molar-refractivity contribution in [3.05, 3.63) is 33.3 Å². The molecule has 0 radical (unpaired) electrons. The molecule has 1 aromatic rings. The van der Waals surface area contributed by atoms with Crippen molar-refractivity contribution in [2.24, 2.45) is 0 Å². The lowest BCUT2D eigenvalue weighted by molar-refractivity contribution is 0.329. The van der Waals surface area contributed by atoms with Gasteiger partial charge in [-0.1, -0.05) is 47.4 Å². The van der Waals surface area contributed by atoms with Gasteiger partial charge in [-0.05, 0) is 37.5 Å². The first-order valence-electron chi connectivity index (χ1n) is 5.69. The van der Waals surface area contributed by atoms with Crippen LogP contribution in [0.2, 0.25) is 5.02 Å². The van der Waals surface area contributed by atoms with Crippen LogP contribution in [0.3, 0.4) is 0 Å². The molecule has 0 aliphatic heterocycles. The summed E-state index contributed by atoms with van der Waals surface area (Å²) in [6.07, 6.45) is 2.25. The second kappa shape index (κ2) is 6.04. The van der Waals surface area contributed by atoms with Crippen LogP contribution >= 0.6 is 27.5 Å². The summed E-state index contributed by atoms with van der Waals surface area (Å²) < 4.78 is 1.02. The van der Waals surface area contributed by atoms with Gasteiger partial charge in [0.2, 0.25) is 0 Å². The van der Waals surface area contributed by atoms with Crippen molar-refractivity contribution in [3.63, 3.8) is 0 Å². The highest BCUT2D eigenvalue weighted by atomic mass is 79.9. The van der Waals surface area contributed by atoms with E-state index in [1.807, 2.05) is 12.1 Å². The van der Waals surface area contributed by atoms with Crippen molar-refractivity contribution < 1.29 is 0 Å². The predicted molar refractivity (Wildman–Crippen MR) is 75.0 cm³/mol. The Morgan fingerprint density at radius 1 is 1.31 bits per heavy atom. The number of halogens is 2. The maximum Gasteiger partial charge on any atom is 0.0462 e. The summed E-state index contributed by atoms with van der Waals surface area (Å²) in [5, 5.41) is 4.39.